The monoisotopic (exact) mass is 222 g/mol. The Morgan fingerprint density at radius 2 is 2.25 bits per heavy atom. The average molecular weight is 222 g/mol. The summed E-state index contributed by atoms with van der Waals surface area (Å²) < 4.78 is 13.5. The van der Waals surface area contributed by atoms with Gasteiger partial charge < -0.3 is 10.6 Å². The van der Waals surface area contributed by atoms with Crippen LogP contribution >= 0.6 is 0 Å². The second-order valence-corrected chi connectivity index (χ2v) is 3.94. The molecule has 86 valence electrons. The first kappa shape index (κ1) is 10.9. The predicted octanol–water partition coefficient (Wildman–Crippen LogP) is 2.15. The Labute approximate surface area is 94.0 Å². The molecule has 16 heavy (non-hydrogen) atoms. The summed E-state index contributed by atoms with van der Waals surface area (Å²) in [5, 5.41) is 5.73. The summed E-state index contributed by atoms with van der Waals surface area (Å²) in [6.07, 6.45) is 2.05. The van der Waals surface area contributed by atoms with Gasteiger partial charge in [-0.15, -0.1) is 0 Å². The predicted molar refractivity (Wildman–Crippen MR) is 61.1 cm³/mol. The fourth-order valence-electron chi connectivity index (χ4n) is 1.56. The Morgan fingerprint density at radius 3 is 2.88 bits per heavy atom. The van der Waals surface area contributed by atoms with Gasteiger partial charge in [-0.05, 0) is 31.9 Å². The zero-order valence-electron chi connectivity index (χ0n) is 9.22. The van der Waals surface area contributed by atoms with Crippen LogP contribution in [0.25, 0.3) is 0 Å². The minimum Gasteiger partial charge on any atom is -0.382 e. The van der Waals surface area contributed by atoms with Crippen molar-refractivity contribution in [3.8, 4) is 0 Å². The SMILES string of the molecule is CCNc1c(F)cccc1C(=O)NC1CC1. The number of carbonyl (C=O) groups is 1. The van der Waals surface area contributed by atoms with Crippen molar-refractivity contribution < 1.29 is 9.18 Å². The van der Waals surface area contributed by atoms with Gasteiger partial charge >= 0.3 is 0 Å². The molecule has 0 radical (unpaired) electrons. The third-order valence-corrected chi connectivity index (χ3v) is 2.52. The van der Waals surface area contributed by atoms with E-state index in [1.807, 2.05) is 6.92 Å². The molecule has 1 aromatic rings. The number of para-hydroxylation sites is 1. The molecule has 0 atom stereocenters. The van der Waals surface area contributed by atoms with Crippen LogP contribution in [0.15, 0.2) is 18.2 Å². The molecule has 1 fully saturated rings. The topological polar surface area (TPSA) is 41.1 Å². The molecule has 0 aromatic heterocycles. The van der Waals surface area contributed by atoms with Crippen LogP contribution < -0.4 is 10.6 Å². The van der Waals surface area contributed by atoms with E-state index in [1.54, 1.807) is 12.1 Å². The van der Waals surface area contributed by atoms with Crippen molar-refractivity contribution in [2.24, 2.45) is 0 Å². The summed E-state index contributed by atoms with van der Waals surface area (Å²) >= 11 is 0. The Balaban J connectivity index is 2.23. The summed E-state index contributed by atoms with van der Waals surface area (Å²) in [5.41, 5.74) is 0.678. The minimum atomic E-state index is -0.384. The lowest BCUT2D eigenvalue weighted by Crippen LogP contribution is -2.26. The third kappa shape index (κ3) is 2.32. The summed E-state index contributed by atoms with van der Waals surface area (Å²) in [4.78, 5) is 11.8. The summed E-state index contributed by atoms with van der Waals surface area (Å²) in [5.74, 6) is -0.580. The molecular weight excluding hydrogens is 207 g/mol. The maximum atomic E-state index is 13.5. The molecule has 1 aromatic carbocycles. The highest BCUT2D eigenvalue weighted by atomic mass is 19.1. The molecule has 2 N–H and O–H groups in total. The molecule has 1 saturated carbocycles. The number of benzene rings is 1. The van der Waals surface area contributed by atoms with E-state index >= 15 is 0 Å². The van der Waals surface area contributed by atoms with E-state index in [1.165, 1.54) is 6.07 Å². The number of halogens is 1. The largest absolute Gasteiger partial charge is 0.382 e. The van der Waals surface area contributed by atoms with E-state index in [9.17, 15) is 9.18 Å². The number of nitrogens with one attached hydrogen (secondary N) is 2. The molecule has 3 nitrogen and oxygen atoms in total. The van der Waals surface area contributed by atoms with Gasteiger partial charge in [0, 0.05) is 12.6 Å². The van der Waals surface area contributed by atoms with Crippen LogP contribution in [0.4, 0.5) is 10.1 Å². The highest BCUT2D eigenvalue weighted by Gasteiger charge is 2.25. The highest BCUT2D eigenvalue weighted by molar-refractivity contribution is 6.00. The summed E-state index contributed by atoms with van der Waals surface area (Å²) in [7, 11) is 0. The Morgan fingerprint density at radius 1 is 1.50 bits per heavy atom. The van der Waals surface area contributed by atoms with E-state index < -0.39 is 0 Å². The van der Waals surface area contributed by atoms with E-state index in [0.717, 1.165) is 12.8 Å². The standard InChI is InChI=1S/C12H15FN2O/c1-2-14-11-9(4-3-5-10(11)13)12(16)15-8-6-7-8/h3-5,8,14H,2,6-7H2,1H3,(H,15,16). The molecule has 0 spiro atoms. The highest BCUT2D eigenvalue weighted by Crippen LogP contribution is 2.23. The van der Waals surface area contributed by atoms with E-state index in [2.05, 4.69) is 10.6 Å². The van der Waals surface area contributed by atoms with Crippen molar-refractivity contribution in [3.05, 3.63) is 29.6 Å². The fraction of sp³-hybridized carbons (Fsp3) is 0.417. The first-order chi connectivity index (χ1) is 7.72. The number of anilines is 1. The first-order valence-electron chi connectivity index (χ1n) is 5.55. The number of hydrogen-bond acceptors (Lipinski definition) is 2. The number of hydrogen-bond donors (Lipinski definition) is 2. The van der Waals surface area contributed by atoms with Gasteiger partial charge in [0.1, 0.15) is 5.82 Å². The van der Waals surface area contributed by atoms with E-state index in [0.29, 0.717) is 17.8 Å². The minimum absolute atomic E-state index is 0.196. The van der Waals surface area contributed by atoms with Gasteiger partial charge in [0.15, 0.2) is 0 Å². The fourth-order valence-corrected chi connectivity index (χ4v) is 1.56. The van der Waals surface area contributed by atoms with Crippen molar-refractivity contribution in [1.29, 1.82) is 0 Å². The molecular formula is C12H15FN2O. The van der Waals surface area contributed by atoms with Crippen molar-refractivity contribution in [1.82, 2.24) is 5.32 Å². The van der Waals surface area contributed by atoms with Gasteiger partial charge in [0.2, 0.25) is 0 Å². The van der Waals surface area contributed by atoms with E-state index in [-0.39, 0.29) is 17.8 Å². The zero-order chi connectivity index (χ0) is 11.5. The Hall–Kier alpha value is -1.58. The quantitative estimate of drug-likeness (QED) is 0.819. The molecule has 1 aliphatic rings. The second-order valence-electron chi connectivity index (χ2n) is 3.94. The van der Waals surface area contributed by atoms with E-state index in [4.69, 9.17) is 0 Å². The lowest BCUT2D eigenvalue weighted by molar-refractivity contribution is 0.0951. The van der Waals surface area contributed by atoms with Crippen molar-refractivity contribution >= 4 is 11.6 Å². The van der Waals surface area contributed by atoms with Crippen LogP contribution in [0.2, 0.25) is 0 Å². The lowest BCUT2D eigenvalue weighted by atomic mass is 10.1. The van der Waals surface area contributed by atoms with Crippen LogP contribution in [0.1, 0.15) is 30.1 Å². The molecule has 2 rings (SSSR count). The maximum Gasteiger partial charge on any atom is 0.253 e. The number of amides is 1. The summed E-state index contributed by atoms with van der Waals surface area (Å²) in [6.45, 7) is 2.46. The molecule has 0 aliphatic heterocycles. The molecule has 0 unspecified atom stereocenters. The van der Waals surface area contributed by atoms with Gasteiger partial charge in [-0.25, -0.2) is 4.39 Å². The Kier molecular flexibility index (Phi) is 3.08. The van der Waals surface area contributed by atoms with Crippen molar-refractivity contribution in [3.63, 3.8) is 0 Å². The van der Waals surface area contributed by atoms with Crippen LogP contribution in [0, 0.1) is 5.82 Å². The van der Waals surface area contributed by atoms with Crippen molar-refractivity contribution in [2.75, 3.05) is 11.9 Å². The van der Waals surface area contributed by atoms with Crippen molar-refractivity contribution in [2.45, 2.75) is 25.8 Å². The van der Waals surface area contributed by atoms with Gasteiger partial charge in [-0.1, -0.05) is 6.07 Å². The van der Waals surface area contributed by atoms with Gasteiger partial charge in [-0.2, -0.15) is 0 Å². The zero-order valence-corrected chi connectivity index (χ0v) is 9.22. The molecule has 0 heterocycles. The molecule has 0 saturated heterocycles. The molecule has 1 amide bonds. The van der Waals surface area contributed by atoms with Gasteiger partial charge in [-0.3, -0.25) is 4.79 Å². The van der Waals surface area contributed by atoms with Crippen LogP contribution in [0.3, 0.4) is 0 Å². The third-order valence-electron chi connectivity index (χ3n) is 2.52. The lowest BCUT2D eigenvalue weighted by Gasteiger charge is -2.11. The molecule has 4 heteroatoms. The molecule has 1 aliphatic carbocycles. The van der Waals surface area contributed by atoms with Gasteiger partial charge in [0.25, 0.3) is 5.91 Å². The maximum absolute atomic E-state index is 13.5. The van der Waals surface area contributed by atoms with Crippen LogP contribution in [-0.2, 0) is 0 Å². The summed E-state index contributed by atoms with van der Waals surface area (Å²) in [6, 6.07) is 4.83. The normalized spacial score (nSPS) is 14.6. The van der Waals surface area contributed by atoms with Crippen LogP contribution in [0.5, 0.6) is 0 Å². The number of carbonyl (C=O) groups excluding carboxylic acids is 1. The smallest absolute Gasteiger partial charge is 0.253 e. The average Bonchev–Trinajstić information content (AvgIpc) is 3.05. The molecule has 0 bridgehead atoms. The van der Waals surface area contributed by atoms with Gasteiger partial charge in [0.05, 0.1) is 11.3 Å². The number of rotatable bonds is 4. The first-order valence-corrected chi connectivity index (χ1v) is 5.55. The second kappa shape index (κ2) is 4.51. The Bertz CT molecular complexity index is 402. The van der Waals surface area contributed by atoms with Crippen LogP contribution in [-0.4, -0.2) is 18.5 Å².